The number of rotatable bonds is 9. The Morgan fingerprint density at radius 3 is 2.55 bits per heavy atom. The summed E-state index contributed by atoms with van der Waals surface area (Å²) in [5.41, 5.74) is 0.947. The van der Waals surface area contributed by atoms with Crippen LogP contribution in [0.3, 0.4) is 0 Å². The number of hydrogen-bond acceptors (Lipinski definition) is 6. The zero-order chi connectivity index (χ0) is 14.6. The molecule has 0 heterocycles. The van der Waals surface area contributed by atoms with Crippen molar-refractivity contribution in [2.24, 2.45) is 0 Å². The molecule has 0 saturated heterocycles. The van der Waals surface area contributed by atoms with Crippen LogP contribution in [0.25, 0.3) is 0 Å². The van der Waals surface area contributed by atoms with Crippen molar-refractivity contribution in [3.8, 4) is 0 Å². The topological polar surface area (TPSA) is 44.8 Å². The van der Waals surface area contributed by atoms with E-state index in [-0.39, 0.29) is 18.3 Å². The minimum Gasteiger partial charge on any atom is -0.463 e. The first-order valence-corrected chi connectivity index (χ1v) is 7.58. The largest absolute Gasteiger partial charge is 0.463 e. The zero-order valence-corrected chi connectivity index (χ0v) is 13.0. The lowest BCUT2D eigenvalue weighted by molar-refractivity contribution is -0.142. The SMILES string of the molecule is COCCOCCOC(=O)CSC(=S)c1ccccc1. The Hall–Kier alpha value is -0.950. The molecule has 6 heteroatoms. The number of methoxy groups -OCH3 is 1. The number of carbonyl (C=O) groups excluding carboxylic acids is 1. The predicted molar refractivity (Wildman–Crippen MR) is 84.3 cm³/mol. The first kappa shape index (κ1) is 17.1. The van der Waals surface area contributed by atoms with Gasteiger partial charge < -0.3 is 14.2 Å². The average Bonchev–Trinajstić information content (AvgIpc) is 2.49. The molecule has 0 aliphatic heterocycles. The Kier molecular flexibility index (Phi) is 9.23. The van der Waals surface area contributed by atoms with Gasteiger partial charge in [-0.1, -0.05) is 42.5 Å². The van der Waals surface area contributed by atoms with Crippen LogP contribution in [-0.4, -0.2) is 49.5 Å². The summed E-state index contributed by atoms with van der Waals surface area (Å²) in [5, 5.41) is 0. The van der Waals surface area contributed by atoms with Crippen molar-refractivity contribution in [1.29, 1.82) is 0 Å². The first-order valence-electron chi connectivity index (χ1n) is 6.18. The van der Waals surface area contributed by atoms with Crippen LogP contribution in [0.15, 0.2) is 30.3 Å². The van der Waals surface area contributed by atoms with Crippen LogP contribution in [0.1, 0.15) is 5.56 Å². The van der Waals surface area contributed by atoms with Crippen LogP contribution < -0.4 is 0 Å². The first-order chi connectivity index (χ1) is 9.74. The van der Waals surface area contributed by atoms with Crippen molar-refractivity contribution in [2.75, 3.05) is 39.3 Å². The monoisotopic (exact) mass is 314 g/mol. The van der Waals surface area contributed by atoms with Crippen LogP contribution >= 0.6 is 24.0 Å². The van der Waals surface area contributed by atoms with E-state index in [1.807, 2.05) is 30.3 Å². The highest BCUT2D eigenvalue weighted by molar-refractivity contribution is 8.24. The van der Waals surface area contributed by atoms with E-state index in [0.29, 0.717) is 24.0 Å². The highest BCUT2D eigenvalue weighted by atomic mass is 32.2. The molecule has 110 valence electrons. The molecule has 1 rings (SSSR count). The summed E-state index contributed by atoms with van der Waals surface area (Å²) in [4.78, 5) is 11.5. The summed E-state index contributed by atoms with van der Waals surface area (Å²) in [5.74, 6) is -0.0742. The van der Waals surface area contributed by atoms with Crippen LogP contribution in [0.4, 0.5) is 0 Å². The molecule has 0 saturated carbocycles. The molecule has 0 aromatic heterocycles. The second-order valence-electron chi connectivity index (χ2n) is 3.77. The number of benzene rings is 1. The third-order valence-corrected chi connectivity index (χ3v) is 3.72. The number of hydrogen-bond donors (Lipinski definition) is 0. The molecular formula is C14H18O4S2. The number of thiocarbonyl (C=S) groups is 1. The maximum atomic E-state index is 11.5. The summed E-state index contributed by atoms with van der Waals surface area (Å²) in [6, 6.07) is 9.60. The molecule has 1 aromatic rings. The molecule has 0 radical (unpaired) electrons. The fourth-order valence-corrected chi connectivity index (χ4v) is 2.23. The van der Waals surface area contributed by atoms with Gasteiger partial charge in [0, 0.05) is 7.11 Å². The Balaban J connectivity index is 2.09. The number of ether oxygens (including phenoxy) is 3. The van der Waals surface area contributed by atoms with Gasteiger partial charge in [-0.15, -0.1) is 11.8 Å². The lowest BCUT2D eigenvalue weighted by Gasteiger charge is -2.06. The lowest BCUT2D eigenvalue weighted by Crippen LogP contribution is -2.14. The molecule has 0 N–H and O–H groups in total. The Labute approximate surface area is 128 Å². The van der Waals surface area contributed by atoms with E-state index in [0.717, 1.165) is 5.56 Å². The second-order valence-corrected chi connectivity index (χ2v) is 5.42. The van der Waals surface area contributed by atoms with Gasteiger partial charge in [-0.3, -0.25) is 4.79 Å². The standard InChI is InChI=1S/C14H18O4S2/c1-16-7-8-17-9-10-18-13(15)11-20-14(19)12-5-3-2-4-6-12/h2-6H,7-11H2,1H3. The van der Waals surface area contributed by atoms with Gasteiger partial charge >= 0.3 is 5.97 Å². The van der Waals surface area contributed by atoms with Crippen molar-refractivity contribution in [3.63, 3.8) is 0 Å². The fourth-order valence-electron chi connectivity index (χ4n) is 1.28. The highest BCUT2D eigenvalue weighted by Gasteiger charge is 2.07. The third kappa shape index (κ3) is 7.59. The van der Waals surface area contributed by atoms with E-state index in [9.17, 15) is 4.79 Å². The number of esters is 1. The van der Waals surface area contributed by atoms with E-state index in [4.69, 9.17) is 26.4 Å². The molecule has 4 nitrogen and oxygen atoms in total. The molecule has 20 heavy (non-hydrogen) atoms. The van der Waals surface area contributed by atoms with E-state index in [1.54, 1.807) is 7.11 Å². The zero-order valence-electron chi connectivity index (χ0n) is 11.4. The second kappa shape index (κ2) is 10.8. The Morgan fingerprint density at radius 1 is 1.15 bits per heavy atom. The van der Waals surface area contributed by atoms with Gasteiger partial charge in [0.2, 0.25) is 0 Å². The van der Waals surface area contributed by atoms with E-state index in [2.05, 4.69) is 0 Å². The van der Waals surface area contributed by atoms with Gasteiger partial charge in [0.25, 0.3) is 0 Å². The summed E-state index contributed by atoms with van der Waals surface area (Å²) >= 11 is 6.54. The third-order valence-electron chi connectivity index (χ3n) is 2.25. The quantitative estimate of drug-likeness (QED) is 0.396. The van der Waals surface area contributed by atoms with Gasteiger partial charge in [0.05, 0.1) is 29.8 Å². The molecule has 0 fully saturated rings. The Bertz CT molecular complexity index is 409. The predicted octanol–water partition coefficient (Wildman–Crippen LogP) is 2.30. The van der Waals surface area contributed by atoms with Crippen molar-refractivity contribution >= 4 is 34.1 Å². The number of carbonyl (C=O) groups is 1. The highest BCUT2D eigenvalue weighted by Crippen LogP contribution is 2.13. The minimum atomic E-state index is -0.288. The summed E-state index contributed by atoms with van der Waals surface area (Å²) < 4.78 is 15.7. The average molecular weight is 314 g/mol. The maximum Gasteiger partial charge on any atom is 0.316 e. The van der Waals surface area contributed by atoms with Crippen molar-refractivity contribution in [2.45, 2.75) is 0 Å². The summed E-state index contributed by atoms with van der Waals surface area (Å²) in [6.45, 7) is 1.67. The van der Waals surface area contributed by atoms with E-state index in [1.165, 1.54) is 11.8 Å². The van der Waals surface area contributed by atoms with Gasteiger partial charge in [-0.05, 0) is 5.56 Å². The molecule has 1 aromatic carbocycles. The molecule has 0 aliphatic carbocycles. The normalized spacial score (nSPS) is 10.2. The van der Waals surface area contributed by atoms with Crippen molar-refractivity contribution in [1.82, 2.24) is 0 Å². The maximum absolute atomic E-state index is 11.5. The lowest BCUT2D eigenvalue weighted by atomic mass is 10.2. The molecular weight excluding hydrogens is 296 g/mol. The minimum absolute atomic E-state index is 0.214. The van der Waals surface area contributed by atoms with Crippen molar-refractivity contribution in [3.05, 3.63) is 35.9 Å². The summed E-state index contributed by atoms with van der Waals surface area (Å²) in [7, 11) is 1.61. The molecule has 0 aliphatic rings. The summed E-state index contributed by atoms with van der Waals surface area (Å²) in [6.07, 6.45) is 0. The van der Waals surface area contributed by atoms with Gasteiger partial charge in [0.15, 0.2) is 0 Å². The van der Waals surface area contributed by atoms with Crippen LogP contribution in [0.2, 0.25) is 0 Å². The smallest absolute Gasteiger partial charge is 0.316 e. The Morgan fingerprint density at radius 2 is 1.85 bits per heavy atom. The molecule has 0 atom stereocenters. The van der Waals surface area contributed by atoms with E-state index < -0.39 is 0 Å². The molecule has 0 spiro atoms. The van der Waals surface area contributed by atoms with Crippen LogP contribution in [0.5, 0.6) is 0 Å². The van der Waals surface area contributed by atoms with Crippen molar-refractivity contribution < 1.29 is 19.0 Å². The van der Waals surface area contributed by atoms with Gasteiger partial charge in [0.1, 0.15) is 6.61 Å². The van der Waals surface area contributed by atoms with Crippen LogP contribution in [-0.2, 0) is 19.0 Å². The molecule has 0 amide bonds. The van der Waals surface area contributed by atoms with Crippen LogP contribution in [0, 0.1) is 0 Å². The molecule has 0 bridgehead atoms. The van der Waals surface area contributed by atoms with Gasteiger partial charge in [-0.25, -0.2) is 0 Å². The fraction of sp³-hybridized carbons (Fsp3) is 0.429. The number of thioether (sulfide) groups is 1. The van der Waals surface area contributed by atoms with E-state index >= 15 is 0 Å². The van der Waals surface area contributed by atoms with Gasteiger partial charge in [-0.2, -0.15) is 0 Å². The molecule has 0 unspecified atom stereocenters.